The zero-order valence-electron chi connectivity index (χ0n) is 9.09. The van der Waals surface area contributed by atoms with Gasteiger partial charge in [0, 0.05) is 18.0 Å². The Hall–Kier alpha value is -1.37. The Morgan fingerprint density at radius 2 is 2.18 bits per heavy atom. The third-order valence-corrected chi connectivity index (χ3v) is 2.52. The summed E-state index contributed by atoms with van der Waals surface area (Å²) < 4.78 is 0. The Morgan fingerprint density at radius 3 is 2.88 bits per heavy atom. The van der Waals surface area contributed by atoms with Crippen molar-refractivity contribution in [1.82, 2.24) is 5.32 Å². The first-order valence-electron chi connectivity index (χ1n) is 5.07. The molecular weight excluding hydrogens is 259 g/mol. The molecule has 0 fully saturated rings. The molecule has 0 spiro atoms. The third-order valence-electron chi connectivity index (χ3n) is 1.96. The molecule has 0 aromatic heterocycles. The summed E-state index contributed by atoms with van der Waals surface area (Å²) in [6.07, 6.45) is 6.48. The summed E-state index contributed by atoms with van der Waals surface area (Å²) in [5, 5.41) is 6.22. The van der Waals surface area contributed by atoms with Crippen molar-refractivity contribution < 1.29 is 4.79 Å². The van der Waals surface area contributed by atoms with E-state index in [0.717, 1.165) is 6.42 Å². The zero-order valence-corrected chi connectivity index (χ0v) is 10.6. The summed E-state index contributed by atoms with van der Waals surface area (Å²) in [6.45, 7) is 0.522. The van der Waals surface area contributed by atoms with Crippen molar-refractivity contribution >= 4 is 34.9 Å². The zero-order chi connectivity index (χ0) is 12.7. The SMILES string of the molecule is C#CCCCNC(=O)Nc1cc(Cl)ccc1Cl. The fourth-order valence-corrected chi connectivity index (χ4v) is 1.49. The van der Waals surface area contributed by atoms with Gasteiger partial charge in [-0.3, -0.25) is 0 Å². The molecule has 0 saturated carbocycles. The van der Waals surface area contributed by atoms with E-state index in [1.807, 2.05) is 0 Å². The minimum atomic E-state index is -0.328. The van der Waals surface area contributed by atoms with Crippen molar-refractivity contribution in [2.24, 2.45) is 0 Å². The molecule has 0 atom stereocenters. The fraction of sp³-hybridized carbons (Fsp3) is 0.250. The van der Waals surface area contributed by atoms with Crippen LogP contribution in [0.1, 0.15) is 12.8 Å². The highest BCUT2D eigenvalue weighted by Gasteiger charge is 2.05. The lowest BCUT2D eigenvalue weighted by atomic mass is 10.3. The first-order chi connectivity index (χ1) is 8.13. The molecule has 0 unspecified atom stereocenters. The summed E-state index contributed by atoms with van der Waals surface area (Å²) in [7, 11) is 0. The van der Waals surface area contributed by atoms with Gasteiger partial charge in [-0.1, -0.05) is 23.2 Å². The smallest absolute Gasteiger partial charge is 0.319 e. The average Bonchev–Trinajstić information content (AvgIpc) is 2.29. The molecule has 2 amide bonds. The van der Waals surface area contributed by atoms with Gasteiger partial charge in [0.2, 0.25) is 0 Å². The Bertz CT molecular complexity index is 441. The average molecular weight is 271 g/mol. The van der Waals surface area contributed by atoms with Crippen LogP contribution in [0.15, 0.2) is 18.2 Å². The van der Waals surface area contributed by atoms with E-state index in [-0.39, 0.29) is 6.03 Å². The molecule has 17 heavy (non-hydrogen) atoms. The lowest BCUT2D eigenvalue weighted by molar-refractivity contribution is 0.252. The predicted octanol–water partition coefficient (Wildman–Crippen LogP) is 3.53. The van der Waals surface area contributed by atoms with Crippen LogP contribution in [-0.4, -0.2) is 12.6 Å². The third kappa shape index (κ3) is 4.99. The maximum absolute atomic E-state index is 11.5. The van der Waals surface area contributed by atoms with Crippen molar-refractivity contribution in [3.63, 3.8) is 0 Å². The Kier molecular flexibility index (Phi) is 5.68. The summed E-state index contributed by atoms with van der Waals surface area (Å²) in [5.41, 5.74) is 0.480. The molecule has 3 nitrogen and oxygen atoms in total. The number of urea groups is 1. The van der Waals surface area contributed by atoms with Gasteiger partial charge in [-0.15, -0.1) is 12.3 Å². The van der Waals surface area contributed by atoms with Crippen LogP contribution < -0.4 is 10.6 Å². The van der Waals surface area contributed by atoms with E-state index >= 15 is 0 Å². The van der Waals surface area contributed by atoms with Crippen LogP contribution >= 0.6 is 23.2 Å². The number of hydrogen-bond donors (Lipinski definition) is 2. The van der Waals surface area contributed by atoms with E-state index < -0.39 is 0 Å². The number of nitrogens with one attached hydrogen (secondary N) is 2. The van der Waals surface area contributed by atoms with Crippen molar-refractivity contribution in [2.75, 3.05) is 11.9 Å². The molecule has 1 rings (SSSR count). The second kappa shape index (κ2) is 7.05. The minimum Gasteiger partial charge on any atom is -0.338 e. The van der Waals surface area contributed by atoms with Gasteiger partial charge in [0.05, 0.1) is 10.7 Å². The van der Waals surface area contributed by atoms with Crippen LogP contribution in [0.4, 0.5) is 10.5 Å². The van der Waals surface area contributed by atoms with E-state index in [4.69, 9.17) is 29.6 Å². The maximum Gasteiger partial charge on any atom is 0.319 e. The van der Waals surface area contributed by atoms with Gasteiger partial charge in [0.1, 0.15) is 0 Å². The molecule has 0 aliphatic heterocycles. The molecule has 5 heteroatoms. The first kappa shape index (κ1) is 13.7. The number of halogens is 2. The topological polar surface area (TPSA) is 41.1 Å². The number of terminal acetylenes is 1. The van der Waals surface area contributed by atoms with Gasteiger partial charge >= 0.3 is 6.03 Å². The first-order valence-corrected chi connectivity index (χ1v) is 5.82. The van der Waals surface area contributed by atoms with Crippen molar-refractivity contribution in [3.05, 3.63) is 28.2 Å². The number of benzene rings is 1. The highest BCUT2D eigenvalue weighted by atomic mass is 35.5. The molecule has 0 aliphatic rings. The maximum atomic E-state index is 11.5. The van der Waals surface area contributed by atoms with Crippen LogP contribution in [0.25, 0.3) is 0 Å². The van der Waals surface area contributed by atoms with Gasteiger partial charge < -0.3 is 10.6 Å². The molecule has 0 saturated heterocycles. The minimum absolute atomic E-state index is 0.328. The van der Waals surface area contributed by atoms with Crippen molar-refractivity contribution in [1.29, 1.82) is 0 Å². The number of rotatable bonds is 4. The van der Waals surface area contributed by atoms with Gasteiger partial charge in [-0.25, -0.2) is 4.79 Å². The van der Waals surface area contributed by atoms with Gasteiger partial charge in [-0.2, -0.15) is 0 Å². The summed E-state index contributed by atoms with van der Waals surface area (Å²) in [5.74, 6) is 2.50. The monoisotopic (exact) mass is 270 g/mol. The van der Waals surface area contributed by atoms with Gasteiger partial charge in [0.25, 0.3) is 0 Å². The van der Waals surface area contributed by atoms with Crippen LogP contribution in [0, 0.1) is 12.3 Å². The van der Waals surface area contributed by atoms with Crippen LogP contribution in [-0.2, 0) is 0 Å². The normalized spacial score (nSPS) is 9.47. The predicted molar refractivity (Wildman–Crippen MR) is 71.6 cm³/mol. The van der Waals surface area contributed by atoms with Crippen LogP contribution in [0.5, 0.6) is 0 Å². The molecular formula is C12H12Cl2N2O. The second-order valence-electron chi connectivity index (χ2n) is 3.31. The highest BCUT2D eigenvalue weighted by Crippen LogP contribution is 2.25. The van der Waals surface area contributed by atoms with E-state index in [2.05, 4.69) is 16.6 Å². The fourth-order valence-electron chi connectivity index (χ4n) is 1.15. The lowest BCUT2D eigenvalue weighted by Crippen LogP contribution is -2.29. The molecule has 2 N–H and O–H groups in total. The molecule has 0 aliphatic carbocycles. The van der Waals surface area contributed by atoms with Crippen LogP contribution in [0.2, 0.25) is 10.0 Å². The number of amides is 2. The largest absolute Gasteiger partial charge is 0.338 e. The number of carbonyl (C=O) groups excluding carboxylic acids is 1. The Morgan fingerprint density at radius 1 is 1.41 bits per heavy atom. The van der Waals surface area contributed by atoms with E-state index in [0.29, 0.717) is 28.7 Å². The number of unbranched alkanes of at least 4 members (excludes halogenated alkanes) is 1. The Labute approximate surface area is 110 Å². The highest BCUT2D eigenvalue weighted by molar-refractivity contribution is 6.35. The van der Waals surface area contributed by atoms with Gasteiger partial charge in [-0.05, 0) is 24.6 Å². The lowest BCUT2D eigenvalue weighted by Gasteiger charge is -2.08. The van der Waals surface area contributed by atoms with E-state index in [1.54, 1.807) is 18.2 Å². The summed E-state index contributed by atoms with van der Waals surface area (Å²) in [4.78, 5) is 11.5. The number of anilines is 1. The number of carbonyl (C=O) groups is 1. The van der Waals surface area contributed by atoms with E-state index in [1.165, 1.54) is 0 Å². The quantitative estimate of drug-likeness (QED) is 0.638. The number of hydrogen-bond acceptors (Lipinski definition) is 1. The molecule has 1 aromatic carbocycles. The Balaban J connectivity index is 2.45. The second-order valence-corrected chi connectivity index (χ2v) is 4.16. The van der Waals surface area contributed by atoms with Gasteiger partial charge in [0.15, 0.2) is 0 Å². The van der Waals surface area contributed by atoms with Crippen molar-refractivity contribution in [2.45, 2.75) is 12.8 Å². The van der Waals surface area contributed by atoms with Crippen molar-refractivity contribution in [3.8, 4) is 12.3 Å². The molecule has 0 heterocycles. The molecule has 90 valence electrons. The van der Waals surface area contributed by atoms with Crippen LogP contribution in [0.3, 0.4) is 0 Å². The molecule has 1 aromatic rings. The molecule has 0 radical (unpaired) electrons. The molecule has 0 bridgehead atoms. The standard InChI is InChI=1S/C12H12Cl2N2O/c1-2-3-4-7-15-12(17)16-11-8-9(13)5-6-10(11)14/h1,5-6,8H,3-4,7H2,(H2,15,16,17). The van der Waals surface area contributed by atoms with E-state index in [9.17, 15) is 4.79 Å². The summed E-state index contributed by atoms with van der Waals surface area (Å²) >= 11 is 11.7. The summed E-state index contributed by atoms with van der Waals surface area (Å²) in [6, 6.07) is 4.54.